The number of hydrogen-bond donors (Lipinski definition) is 0. The van der Waals surface area contributed by atoms with Crippen molar-refractivity contribution in [2.75, 3.05) is 0 Å². The third-order valence-corrected chi connectivity index (χ3v) is 11.8. The first-order valence-corrected chi connectivity index (χ1v) is 11.3. The minimum absolute atomic E-state index is 0.962. The van der Waals surface area contributed by atoms with Crippen LogP contribution < -0.4 is 0 Å². The van der Waals surface area contributed by atoms with Crippen LogP contribution in [0.2, 0.25) is 0 Å². The lowest BCUT2D eigenvalue weighted by Crippen LogP contribution is -1.88. The number of rotatable bonds is 1. The van der Waals surface area contributed by atoms with Crippen molar-refractivity contribution in [3.05, 3.63) is 47.9 Å². The Balaban J connectivity index is 2.83. The molecule has 0 bridgehead atoms. The van der Waals surface area contributed by atoms with Gasteiger partial charge in [-0.1, -0.05) is 0 Å². The Morgan fingerprint density at radius 1 is 0.400 bits per heavy atom. The van der Waals surface area contributed by atoms with Crippen LogP contribution in [0.15, 0.2) is 47.9 Å². The second-order valence-electron chi connectivity index (χ2n) is 3.70. The molecule has 0 saturated heterocycles. The minimum Gasteiger partial charge on any atom is -0.0495 e. The molecular formula is C12H2Br8. The molecule has 2 aromatic rings. The SMILES string of the molecule is Brc1cc(-c2cc(Br)c(Br)c(Br)c2Br)c(Br)c(Br)c1Br. The predicted molar refractivity (Wildman–Crippen MR) is 113 cm³/mol. The molecule has 0 atom stereocenters. The van der Waals surface area contributed by atoms with Crippen LogP contribution in [0, 0.1) is 0 Å². The third-order valence-electron chi connectivity index (χ3n) is 2.50. The van der Waals surface area contributed by atoms with Crippen molar-refractivity contribution in [1.82, 2.24) is 0 Å². The molecule has 0 amide bonds. The first-order valence-electron chi connectivity index (χ1n) is 4.92. The van der Waals surface area contributed by atoms with Crippen LogP contribution in [0.5, 0.6) is 0 Å². The molecule has 0 saturated carbocycles. The van der Waals surface area contributed by atoms with Gasteiger partial charge < -0.3 is 0 Å². The molecule has 2 rings (SSSR count). The summed E-state index contributed by atoms with van der Waals surface area (Å²) in [5, 5.41) is 0. The van der Waals surface area contributed by atoms with E-state index in [1.54, 1.807) is 0 Å². The number of halogens is 8. The number of benzene rings is 2. The first kappa shape index (κ1) is 18.6. The van der Waals surface area contributed by atoms with Gasteiger partial charge in [0.05, 0.1) is 0 Å². The van der Waals surface area contributed by atoms with E-state index in [-0.39, 0.29) is 0 Å². The smallest absolute Gasteiger partial charge is 0.0477 e. The van der Waals surface area contributed by atoms with Gasteiger partial charge in [-0.3, -0.25) is 0 Å². The van der Waals surface area contributed by atoms with Gasteiger partial charge in [0.25, 0.3) is 0 Å². The summed E-state index contributed by atoms with van der Waals surface area (Å²) in [5.41, 5.74) is 2.13. The Hall–Kier alpha value is 2.28. The van der Waals surface area contributed by atoms with Crippen molar-refractivity contribution in [3.8, 4) is 11.1 Å². The Labute approximate surface area is 183 Å². The summed E-state index contributed by atoms with van der Waals surface area (Å²) in [7, 11) is 0. The Morgan fingerprint density at radius 3 is 1.00 bits per heavy atom. The van der Waals surface area contributed by atoms with E-state index in [0.29, 0.717) is 0 Å². The zero-order valence-corrected chi connectivity index (χ0v) is 21.9. The van der Waals surface area contributed by atoms with E-state index >= 15 is 0 Å². The highest BCUT2D eigenvalue weighted by atomic mass is 79.9. The van der Waals surface area contributed by atoms with Crippen LogP contribution in [0.1, 0.15) is 0 Å². The molecule has 0 nitrogen and oxygen atoms in total. The van der Waals surface area contributed by atoms with E-state index < -0.39 is 0 Å². The normalized spacial score (nSPS) is 11.0. The molecule has 20 heavy (non-hydrogen) atoms. The summed E-state index contributed by atoms with van der Waals surface area (Å²) in [4.78, 5) is 0. The van der Waals surface area contributed by atoms with Crippen LogP contribution in [0.4, 0.5) is 0 Å². The van der Waals surface area contributed by atoms with Gasteiger partial charge in [-0.25, -0.2) is 0 Å². The second kappa shape index (κ2) is 7.45. The summed E-state index contributed by atoms with van der Waals surface area (Å²) in [5.74, 6) is 0. The standard InChI is InChI=1S/C12H2Br8/c13-5-1-3(7(15)11(19)9(5)17)4-2-6(14)10(18)12(20)8(4)16/h1-2H. The van der Waals surface area contributed by atoms with Gasteiger partial charge >= 0.3 is 0 Å². The maximum Gasteiger partial charge on any atom is 0.0477 e. The predicted octanol–water partition coefficient (Wildman–Crippen LogP) is 9.45. The lowest BCUT2D eigenvalue weighted by Gasteiger charge is -2.14. The second-order valence-corrected chi connectivity index (χ2v) is 10.2. The molecule has 8 heteroatoms. The topological polar surface area (TPSA) is 0 Å². The van der Waals surface area contributed by atoms with E-state index in [1.807, 2.05) is 0 Å². The molecule has 0 unspecified atom stereocenters. The average molecular weight is 785 g/mol. The number of hydrogen-bond acceptors (Lipinski definition) is 0. The lowest BCUT2D eigenvalue weighted by atomic mass is 10.1. The lowest BCUT2D eigenvalue weighted by molar-refractivity contribution is 1.43. The van der Waals surface area contributed by atoms with Gasteiger partial charge in [0.1, 0.15) is 0 Å². The third kappa shape index (κ3) is 3.52. The van der Waals surface area contributed by atoms with E-state index in [2.05, 4.69) is 140 Å². The Morgan fingerprint density at radius 2 is 0.700 bits per heavy atom. The van der Waals surface area contributed by atoms with E-state index in [9.17, 15) is 0 Å². The zero-order chi connectivity index (χ0) is 15.2. The molecule has 0 aliphatic heterocycles. The highest BCUT2D eigenvalue weighted by Gasteiger charge is 2.18. The summed E-state index contributed by atoms with van der Waals surface area (Å²) in [6.45, 7) is 0. The van der Waals surface area contributed by atoms with Gasteiger partial charge in [-0.05, 0) is 151 Å². The molecule has 0 radical (unpaired) electrons. The quantitative estimate of drug-likeness (QED) is 0.200. The van der Waals surface area contributed by atoms with Crippen LogP contribution >= 0.6 is 127 Å². The van der Waals surface area contributed by atoms with Crippen LogP contribution in [-0.2, 0) is 0 Å². The molecule has 0 aliphatic carbocycles. The monoisotopic (exact) mass is 777 g/mol. The van der Waals surface area contributed by atoms with Crippen molar-refractivity contribution in [1.29, 1.82) is 0 Å². The highest BCUT2D eigenvalue weighted by Crippen LogP contribution is 2.48. The van der Waals surface area contributed by atoms with Gasteiger partial charge in [0.2, 0.25) is 0 Å². The van der Waals surface area contributed by atoms with Crippen LogP contribution in [0.3, 0.4) is 0 Å². The maximum atomic E-state index is 3.64. The van der Waals surface area contributed by atoms with Gasteiger partial charge in [-0.2, -0.15) is 0 Å². The fourth-order valence-corrected chi connectivity index (χ4v) is 5.99. The van der Waals surface area contributed by atoms with Crippen molar-refractivity contribution >= 4 is 127 Å². The van der Waals surface area contributed by atoms with E-state index in [1.165, 1.54) is 0 Å². The first-order chi connectivity index (χ1) is 9.25. The molecule has 0 fully saturated rings. The van der Waals surface area contributed by atoms with E-state index in [4.69, 9.17) is 0 Å². The van der Waals surface area contributed by atoms with Crippen molar-refractivity contribution < 1.29 is 0 Å². The minimum atomic E-state index is 0.962. The molecule has 0 spiro atoms. The van der Waals surface area contributed by atoms with E-state index in [0.717, 1.165) is 46.9 Å². The highest BCUT2D eigenvalue weighted by molar-refractivity contribution is 9.15. The summed E-state index contributed by atoms with van der Waals surface area (Å²) in [6, 6.07) is 4.12. The Bertz CT molecular complexity index is 646. The van der Waals surface area contributed by atoms with Gasteiger partial charge in [-0.15, -0.1) is 0 Å². The molecule has 0 aromatic heterocycles. The fraction of sp³-hybridized carbons (Fsp3) is 0. The largest absolute Gasteiger partial charge is 0.0495 e. The molecule has 2 aromatic carbocycles. The summed E-state index contributed by atoms with van der Waals surface area (Å²) < 4.78 is 7.78. The molecular weight excluding hydrogens is 783 g/mol. The molecule has 106 valence electrons. The van der Waals surface area contributed by atoms with Crippen LogP contribution in [-0.4, -0.2) is 0 Å². The maximum absolute atomic E-state index is 3.64. The molecule has 0 aliphatic rings. The van der Waals surface area contributed by atoms with Crippen LogP contribution in [0.25, 0.3) is 11.1 Å². The summed E-state index contributed by atoms with van der Waals surface area (Å²) in [6.07, 6.45) is 0. The fourth-order valence-electron chi connectivity index (χ4n) is 1.54. The van der Waals surface area contributed by atoms with Gasteiger partial charge in [0, 0.05) is 35.8 Å². The van der Waals surface area contributed by atoms with Crippen molar-refractivity contribution in [2.45, 2.75) is 0 Å². The Kier molecular flexibility index (Phi) is 6.93. The molecule has 0 heterocycles. The van der Waals surface area contributed by atoms with Gasteiger partial charge in [0.15, 0.2) is 0 Å². The molecule has 0 N–H and O–H groups in total. The summed E-state index contributed by atoms with van der Waals surface area (Å²) >= 11 is 28.6. The average Bonchev–Trinajstić information content (AvgIpc) is 2.42. The van der Waals surface area contributed by atoms with Crippen molar-refractivity contribution in [3.63, 3.8) is 0 Å². The zero-order valence-electron chi connectivity index (χ0n) is 9.18. The van der Waals surface area contributed by atoms with Crippen molar-refractivity contribution in [2.24, 2.45) is 0 Å².